The first-order valence-electron chi connectivity index (χ1n) is 11.2. The van der Waals surface area contributed by atoms with Gasteiger partial charge in [-0.2, -0.15) is 0 Å². The van der Waals surface area contributed by atoms with Gasteiger partial charge in [0.25, 0.3) is 0 Å². The van der Waals surface area contributed by atoms with Gasteiger partial charge in [-0.1, -0.05) is 26.8 Å². The molecule has 4 rings (SSSR count). The van der Waals surface area contributed by atoms with E-state index >= 15 is 0 Å². The predicted octanol–water partition coefficient (Wildman–Crippen LogP) is 2.91. The molecule has 0 saturated carbocycles. The van der Waals surface area contributed by atoms with Gasteiger partial charge in [-0.05, 0) is 37.3 Å². The summed E-state index contributed by atoms with van der Waals surface area (Å²) >= 11 is 0. The van der Waals surface area contributed by atoms with Crippen molar-refractivity contribution in [1.82, 2.24) is 19.7 Å². The highest BCUT2D eigenvalue weighted by molar-refractivity contribution is 5.82. The number of aromatic nitrogens is 1. The normalized spacial score (nSPS) is 25.6. The van der Waals surface area contributed by atoms with Gasteiger partial charge in [0.05, 0.1) is 12.1 Å². The SMILES string of the molecule is CCC(C)(C)C(=O)N1CCC(N2C(=O)N(Cc3cccnc3)CC23CCOC3)CC1. The fourth-order valence-corrected chi connectivity index (χ4v) is 5.05. The van der Waals surface area contributed by atoms with Gasteiger partial charge in [0.15, 0.2) is 0 Å². The lowest BCUT2D eigenvalue weighted by atomic mass is 9.87. The van der Waals surface area contributed by atoms with Crippen molar-refractivity contribution in [3.63, 3.8) is 0 Å². The van der Waals surface area contributed by atoms with Crippen LogP contribution in [0.25, 0.3) is 0 Å². The Morgan fingerprint density at radius 2 is 2.10 bits per heavy atom. The summed E-state index contributed by atoms with van der Waals surface area (Å²) in [6, 6.07) is 4.18. The standard InChI is InChI=1S/C23H34N4O3/c1-4-22(2,3)20(28)25-11-7-19(8-12-25)27-21(29)26(15-18-6-5-10-24-14-18)16-23(27)9-13-30-17-23/h5-6,10,14,19H,4,7-9,11-13,15-17H2,1-3H3. The van der Waals surface area contributed by atoms with Gasteiger partial charge in [-0.3, -0.25) is 9.78 Å². The molecule has 1 aromatic heterocycles. The van der Waals surface area contributed by atoms with Crippen molar-refractivity contribution < 1.29 is 14.3 Å². The topological polar surface area (TPSA) is 66.0 Å². The molecule has 0 aromatic carbocycles. The smallest absolute Gasteiger partial charge is 0.321 e. The molecule has 7 heteroatoms. The first-order valence-corrected chi connectivity index (χ1v) is 11.2. The number of hydrogen-bond donors (Lipinski definition) is 0. The average molecular weight is 415 g/mol. The zero-order chi connectivity index (χ0) is 21.4. The number of pyridine rings is 1. The van der Waals surface area contributed by atoms with E-state index in [-0.39, 0.29) is 28.9 Å². The molecule has 0 aliphatic carbocycles. The molecule has 3 fully saturated rings. The maximum absolute atomic E-state index is 13.5. The van der Waals surface area contributed by atoms with Gasteiger partial charge < -0.3 is 19.4 Å². The van der Waals surface area contributed by atoms with Crippen LogP contribution in [0.5, 0.6) is 0 Å². The van der Waals surface area contributed by atoms with E-state index in [4.69, 9.17) is 4.74 Å². The molecular weight excluding hydrogens is 380 g/mol. The molecule has 164 valence electrons. The van der Waals surface area contributed by atoms with Crippen molar-refractivity contribution in [3.05, 3.63) is 30.1 Å². The Morgan fingerprint density at radius 3 is 2.70 bits per heavy atom. The second-order valence-corrected chi connectivity index (χ2v) is 9.66. The third-order valence-electron chi connectivity index (χ3n) is 7.23. The highest BCUT2D eigenvalue weighted by atomic mass is 16.5. The van der Waals surface area contributed by atoms with Crippen molar-refractivity contribution in [2.75, 3.05) is 32.8 Å². The molecule has 0 radical (unpaired) electrons. The van der Waals surface area contributed by atoms with Gasteiger partial charge in [0.1, 0.15) is 0 Å². The lowest BCUT2D eigenvalue weighted by Crippen LogP contribution is -2.57. The van der Waals surface area contributed by atoms with Crippen LogP contribution in [0.1, 0.15) is 52.0 Å². The summed E-state index contributed by atoms with van der Waals surface area (Å²) in [6.07, 6.45) is 6.96. The minimum atomic E-state index is -0.322. The molecule has 0 bridgehead atoms. The van der Waals surface area contributed by atoms with Crippen LogP contribution < -0.4 is 0 Å². The maximum atomic E-state index is 13.5. The molecule has 1 unspecified atom stereocenters. The molecule has 3 amide bonds. The van der Waals surface area contributed by atoms with Crippen LogP contribution in [0.3, 0.4) is 0 Å². The fraction of sp³-hybridized carbons (Fsp3) is 0.696. The Labute approximate surface area is 179 Å². The Kier molecular flexibility index (Phi) is 5.75. The van der Waals surface area contributed by atoms with E-state index in [1.807, 2.05) is 42.0 Å². The molecule has 7 nitrogen and oxygen atoms in total. The van der Waals surface area contributed by atoms with E-state index in [9.17, 15) is 9.59 Å². The van der Waals surface area contributed by atoms with Crippen LogP contribution in [-0.2, 0) is 16.1 Å². The second-order valence-electron chi connectivity index (χ2n) is 9.66. The lowest BCUT2D eigenvalue weighted by molar-refractivity contribution is -0.142. The Hall–Kier alpha value is -2.15. The second kappa shape index (κ2) is 8.17. The average Bonchev–Trinajstić information content (AvgIpc) is 3.33. The number of likely N-dealkylation sites (tertiary alicyclic amines) is 1. The van der Waals surface area contributed by atoms with Crippen LogP contribution in [0.4, 0.5) is 4.79 Å². The molecule has 1 atom stereocenters. The molecule has 3 saturated heterocycles. The zero-order valence-electron chi connectivity index (χ0n) is 18.5. The number of nitrogens with zero attached hydrogens (tertiary/aromatic N) is 4. The molecule has 3 aliphatic heterocycles. The molecule has 4 heterocycles. The van der Waals surface area contributed by atoms with E-state index in [1.165, 1.54) is 0 Å². The molecule has 0 N–H and O–H groups in total. The number of urea groups is 1. The summed E-state index contributed by atoms with van der Waals surface area (Å²) in [5.41, 5.74) is 0.486. The van der Waals surface area contributed by atoms with Gasteiger partial charge >= 0.3 is 6.03 Å². The summed E-state index contributed by atoms with van der Waals surface area (Å²) in [5, 5.41) is 0. The van der Waals surface area contributed by atoms with Gasteiger partial charge in [0, 0.05) is 56.6 Å². The third-order valence-corrected chi connectivity index (χ3v) is 7.23. The van der Waals surface area contributed by atoms with Gasteiger partial charge in [0.2, 0.25) is 5.91 Å². The van der Waals surface area contributed by atoms with Crippen molar-refractivity contribution in [1.29, 1.82) is 0 Å². The molecule has 1 aromatic rings. The minimum Gasteiger partial charge on any atom is -0.379 e. The van der Waals surface area contributed by atoms with Crippen molar-refractivity contribution in [2.24, 2.45) is 5.41 Å². The third kappa shape index (κ3) is 3.80. The zero-order valence-corrected chi connectivity index (χ0v) is 18.5. The van der Waals surface area contributed by atoms with Crippen LogP contribution in [-0.4, -0.2) is 76.1 Å². The quantitative estimate of drug-likeness (QED) is 0.743. The van der Waals surface area contributed by atoms with Crippen molar-refractivity contribution in [2.45, 2.75) is 64.6 Å². The summed E-state index contributed by atoms with van der Waals surface area (Å²) in [4.78, 5) is 36.6. The highest BCUT2D eigenvalue weighted by Crippen LogP contribution is 2.39. The lowest BCUT2D eigenvalue weighted by Gasteiger charge is -2.43. The Balaban J connectivity index is 1.47. The van der Waals surface area contributed by atoms with Crippen molar-refractivity contribution in [3.8, 4) is 0 Å². The largest absolute Gasteiger partial charge is 0.379 e. The van der Waals surface area contributed by atoms with E-state index in [1.54, 1.807) is 6.20 Å². The van der Waals surface area contributed by atoms with Crippen molar-refractivity contribution >= 4 is 11.9 Å². The molecule has 3 aliphatic rings. The van der Waals surface area contributed by atoms with E-state index < -0.39 is 0 Å². The molecule has 1 spiro atoms. The number of carbonyl (C=O) groups is 2. The predicted molar refractivity (Wildman–Crippen MR) is 114 cm³/mol. The number of piperidine rings is 1. The summed E-state index contributed by atoms with van der Waals surface area (Å²) in [7, 11) is 0. The number of carbonyl (C=O) groups excluding carboxylic acids is 2. The summed E-state index contributed by atoms with van der Waals surface area (Å²) < 4.78 is 5.77. The van der Waals surface area contributed by atoms with Crippen LogP contribution >= 0.6 is 0 Å². The minimum absolute atomic E-state index is 0.100. The first kappa shape index (κ1) is 21.1. The summed E-state index contributed by atoms with van der Waals surface area (Å²) in [5.74, 6) is 0.230. The monoisotopic (exact) mass is 414 g/mol. The van der Waals surface area contributed by atoms with E-state index in [0.29, 0.717) is 26.3 Å². The molecular formula is C23H34N4O3. The first-order chi connectivity index (χ1) is 14.4. The number of rotatable bonds is 5. The van der Waals surface area contributed by atoms with Crippen LogP contribution in [0.2, 0.25) is 0 Å². The highest BCUT2D eigenvalue weighted by Gasteiger charge is 2.54. The van der Waals surface area contributed by atoms with Gasteiger partial charge in [-0.25, -0.2) is 4.79 Å². The van der Waals surface area contributed by atoms with Crippen LogP contribution in [0.15, 0.2) is 24.5 Å². The number of ether oxygens (including phenoxy) is 1. The summed E-state index contributed by atoms with van der Waals surface area (Å²) in [6.45, 7) is 10.1. The Bertz CT molecular complexity index is 768. The number of amides is 3. The van der Waals surface area contributed by atoms with Crippen LogP contribution in [0, 0.1) is 5.41 Å². The maximum Gasteiger partial charge on any atom is 0.321 e. The van der Waals surface area contributed by atoms with Gasteiger partial charge in [-0.15, -0.1) is 0 Å². The number of hydrogen-bond acceptors (Lipinski definition) is 4. The van der Waals surface area contributed by atoms with E-state index in [2.05, 4.69) is 16.8 Å². The fourth-order valence-electron chi connectivity index (χ4n) is 5.05. The van der Waals surface area contributed by atoms with E-state index in [0.717, 1.165) is 44.3 Å². The Morgan fingerprint density at radius 1 is 1.33 bits per heavy atom. The molecule has 30 heavy (non-hydrogen) atoms.